The molecule has 0 amide bonds. The van der Waals surface area contributed by atoms with E-state index in [-0.39, 0.29) is 0 Å². The van der Waals surface area contributed by atoms with Crippen molar-refractivity contribution in [3.63, 3.8) is 0 Å². The van der Waals surface area contributed by atoms with Gasteiger partial charge in [-0.3, -0.25) is 9.97 Å². The van der Waals surface area contributed by atoms with E-state index < -0.39 is 0 Å². The minimum Gasteiger partial charge on any atom is -0.455 e. The summed E-state index contributed by atoms with van der Waals surface area (Å²) in [7, 11) is 0. The van der Waals surface area contributed by atoms with Crippen LogP contribution in [0.5, 0.6) is 11.5 Å². The molecular weight excluding hydrogens is 250 g/mol. The van der Waals surface area contributed by atoms with Crippen molar-refractivity contribution in [1.82, 2.24) is 15.3 Å². The van der Waals surface area contributed by atoms with Gasteiger partial charge >= 0.3 is 0 Å². The molecule has 106 valence electrons. The number of nitrogens with zero attached hydrogens (tertiary/aromatic N) is 2. The Balaban J connectivity index is 2.11. The minimum atomic E-state index is 0.621. The van der Waals surface area contributed by atoms with Gasteiger partial charge in [-0.1, -0.05) is 13.8 Å². The van der Waals surface area contributed by atoms with E-state index in [1.165, 1.54) is 0 Å². The Morgan fingerprint density at radius 1 is 1.30 bits per heavy atom. The third-order valence-corrected chi connectivity index (χ3v) is 2.81. The zero-order chi connectivity index (χ0) is 14.4. The summed E-state index contributed by atoms with van der Waals surface area (Å²) < 4.78 is 5.91. The van der Waals surface area contributed by atoms with Crippen LogP contribution in [0.3, 0.4) is 0 Å². The molecule has 2 rings (SSSR count). The fourth-order valence-corrected chi connectivity index (χ4v) is 1.82. The highest BCUT2D eigenvalue weighted by atomic mass is 16.5. The van der Waals surface area contributed by atoms with Crippen LogP contribution in [0.2, 0.25) is 0 Å². The third-order valence-electron chi connectivity index (χ3n) is 2.81. The van der Waals surface area contributed by atoms with Crippen LogP contribution in [0.4, 0.5) is 0 Å². The number of ether oxygens (including phenoxy) is 1. The van der Waals surface area contributed by atoms with Crippen molar-refractivity contribution in [3.8, 4) is 11.5 Å². The zero-order valence-corrected chi connectivity index (χ0v) is 12.3. The van der Waals surface area contributed by atoms with Crippen LogP contribution in [-0.2, 0) is 6.54 Å². The lowest BCUT2D eigenvalue weighted by atomic mass is 10.2. The number of pyridine rings is 2. The standard InChI is InChI=1S/C16H21N3O/c1-12(2)8-18-9-14-10-19-13(3)7-16(14)20-15-5-4-6-17-11-15/h4-7,10-12,18H,8-9H2,1-3H3. The molecule has 0 unspecified atom stereocenters. The normalized spacial score (nSPS) is 10.8. The van der Waals surface area contributed by atoms with Gasteiger partial charge in [0.25, 0.3) is 0 Å². The summed E-state index contributed by atoms with van der Waals surface area (Å²) in [6.45, 7) is 8.06. The maximum absolute atomic E-state index is 5.91. The summed E-state index contributed by atoms with van der Waals surface area (Å²) in [4.78, 5) is 8.41. The average Bonchev–Trinajstić information content (AvgIpc) is 2.42. The number of nitrogens with one attached hydrogen (secondary N) is 1. The van der Waals surface area contributed by atoms with Gasteiger partial charge < -0.3 is 10.1 Å². The van der Waals surface area contributed by atoms with E-state index in [0.717, 1.165) is 35.8 Å². The van der Waals surface area contributed by atoms with Crippen LogP contribution in [0.25, 0.3) is 0 Å². The second kappa shape index (κ2) is 7.01. The highest BCUT2D eigenvalue weighted by Gasteiger charge is 2.07. The summed E-state index contributed by atoms with van der Waals surface area (Å²) >= 11 is 0. The van der Waals surface area contributed by atoms with Crippen LogP contribution < -0.4 is 10.1 Å². The van der Waals surface area contributed by atoms with E-state index in [1.807, 2.05) is 31.3 Å². The Morgan fingerprint density at radius 3 is 2.85 bits per heavy atom. The summed E-state index contributed by atoms with van der Waals surface area (Å²) in [5.41, 5.74) is 2.00. The van der Waals surface area contributed by atoms with E-state index in [4.69, 9.17) is 4.74 Å². The number of aryl methyl sites for hydroxylation is 1. The number of aromatic nitrogens is 2. The van der Waals surface area contributed by atoms with Crippen LogP contribution in [0.1, 0.15) is 25.1 Å². The first-order valence-corrected chi connectivity index (χ1v) is 6.89. The number of hydrogen-bond acceptors (Lipinski definition) is 4. The smallest absolute Gasteiger partial charge is 0.145 e. The first-order valence-electron chi connectivity index (χ1n) is 6.89. The highest BCUT2D eigenvalue weighted by Crippen LogP contribution is 2.24. The lowest BCUT2D eigenvalue weighted by Gasteiger charge is -2.13. The van der Waals surface area contributed by atoms with Crippen molar-refractivity contribution in [2.24, 2.45) is 5.92 Å². The summed E-state index contributed by atoms with van der Waals surface area (Å²) in [6, 6.07) is 5.72. The topological polar surface area (TPSA) is 47.0 Å². The van der Waals surface area contributed by atoms with Crippen molar-refractivity contribution in [1.29, 1.82) is 0 Å². The van der Waals surface area contributed by atoms with E-state index >= 15 is 0 Å². The van der Waals surface area contributed by atoms with Crippen molar-refractivity contribution in [3.05, 3.63) is 48.0 Å². The molecule has 0 spiro atoms. The van der Waals surface area contributed by atoms with Gasteiger partial charge in [0.1, 0.15) is 11.5 Å². The Kier molecular flexibility index (Phi) is 5.07. The number of hydrogen-bond donors (Lipinski definition) is 1. The lowest BCUT2D eigenvalue weighted by Crippen LogP contribution is -2.19. The van der Waals surface area contributed by atoms with Crippen LogP contribution in [-0.4, -0.2) is 16.5 Å². The molecule has 0 aliphatic heterocycles. The zero-order valence-electron chi connectivity index (χ0n) is 12.3. The Labute approximate surface area is 120 Å². The Hall–Kier alpha value is -1.94. The molecule has 0 atom stereocenters. The summed E-state index contributed by atoms with van der Waals surface area (Å²) in [5.74, 6) is 2.20. The highest BCUT2D eigenvalue weighted by molar-refractivity contribution is 5.36. The van der Waals surface area contributed by atoms with Gasteiger partial charge in [0, 0.05) is 36.3 Å². The van der Waals surface area contributed by atoms with Crippen LogP contribution in [0.15, 0.2) is 36.8 Å². The monoisotopic (exact) mass is 271 g/mol. The minimum absolute atomic E-state index is 0.621. The Morgan fingerprint density at radius 2 is 2.15 bits per heavy atom. The molecule has 4 nitrogen and oxygen atoms in total. The molecule has 0 radical (unpaired) electrons. The SMILES string of the molecule is Cc1cc(Oc2cccnc2)c(CNCC(C)C)cn1. The molecule has 0 bridgehead atoms. The van der Waals surface area contributed by atoms with Crippen LogP contribution >= 0.6 is 0 Å². The fourth-order valence-electron chi connectivity index (χ4n) is 1.82. The molecule has 2 heterocycles. The van der Waals surface area contributed by atoms with Gasteiger partial charge in [-0.25, -0.2) is 0 Å². The molecule has 0 fully saturated rings. The van der Waals surface area contributed by atoms with Crippen molar-refractivity contribution >= 4 is 0 Å². The van der Waals surface area contributed by atoms with E-state index in [1.54, 1.807) is 12.4 Å². The van der Waals surface area contributed by atoms with Gasteiger partial charge in [-0.15, -0.1) is 0 Å². The van der Waals surface area contributed by atoms with Crippen molar-refractivity contribution in [2.45, 2.75) is 27.3 Å². The maximum atomic E-state index is 5.91. The van der Waals surface area contributed by atoms with E-state index in [2.05, 4.69) is 29.1 Å². The third kappa shape index (κ3) is 4.31. The molecule has 0 aliphatic carbocycles. The second-order valence-electron chi connectivity index (χ2n) is 5.25. The number of rotatable bonds is 6. The van der Waals surface area contributed by atoms with Crippen molar-refractivity contribution in [2.75, 3.05) is 6.54 Å². The quantitative estimate of drug-likeness (QED) is 0.875. The Bertz CT molecular complexity index is 541. The van der Waals surface area contributed by atoms with Crippen LogP contribution in [0, 0.1) is 12.8 Å². The first kappa shape index (κ1) is 14.5. The first-order chi connectivity index (χ1) is 9.65. The van der Waals surface area contributed by atoms with Gasteiger partial charge in [0.2, 0.25) is 0 Å². The maximum Gasteiger partial charge on any atom is 0.145 e. The molecule has 4 heteroatoms. The summed E-state index contributed by atoms with van der Waals surface area (Å²) in [6.07, 6.45) is 5.31. The predicted octanol–water partition coefficient (Wildman–Crippen LogP) is 3.32. The molecule has 0 saturated carbocycles. The van der Waals surface area contributed by atoms with Crippen molar-refractivity contribution < 1.29 is 4.74 Å². The molecule has 0 aliphatic rings. The van der Waals surface area contributed by atoms with Gasteiger partial charge in [0.15, 0.2) is 0 Å². The molecule has 2 aromatic rings. The molecule has 0 aromatic carbocycles. The summed E-state index contributed by atoms with van der Waals surface area (Å²) in [5, 5.41) is 3.41. The molecule has 2 aromatic heterocycles. The van der Waals surface area contributed by atoms with E-state index in [0.29, 0.717) is 5.92 Å². The van der Waals surface area contributed by atoms with Gasteiger partial charge in [0.05, 0.1) is 6.20 Å². The van der Waals surface area contributed by atoms with E-state index in [9.17, 15) is 0 Å². The predicted molar refractivity (Wildman–Crippen MR) is 79.8 cm³/mol. The molecule has 0 saturated heterocycles. The fraction of sp³-hybridized carbons (Fsp3) is 0.375. The molecule has 20 heavy (non-hydrogen) atoms. The lowest BCUT2D eigenvalue weighted by molar-refractivity contribution is 0.465. The second-order valence-corrected chi connectivity index (χ2v) is 5.25. The molecular formula is C16H21N3O. The average molecular weight is 271 g/mol. The molecule has 1 N–H and O–H groups in total. The van der Waals surface area contributed by atoms with Gasteiger partial charge in [-0.2, -0.15) is 0 Å². The van der Waals surface area contributed by atoms with Gasteiger partial charge in [-0.05, 0) is 31.5 Å². The largest absolute Gasteiger partial charge is 0.455 e.